The van der Waals surface area contributed by atoms with E-state index in [0.717, 1.165) is 26.4 Å². The molecule has 0 radical (unpaired) electrons. The number of nitrogens with zero attached hydrogens (tertiary/aromatic N) is 3. The fourth-order valence-corrected chi connectivity index (χ4v) is 4.97. The van der Waals surface area contributed by atoms with Gasteiger partial charge >= 0.3 is 0 Å². The summed E-state index contributed by atoms with van der Waals surface area (Å²) in [5.41, 5.74) is 3.23. The van der Waals surface area contributed by atoms with Gasteiger partial charge in [-0.05, 0) is 18.2 Å². The fraction of sp³-hybridized carbons (Fsp3) is 0.250. The summed E-state index contributed by atoms with van der Waals surface area (Å²) < 4.78 is 1.71. The topological polar surface area (TPSA) is 67.8 Å². The first-order valence-electron chi connectivity index (χ1n) is 7.53. The lowest BCUT2D eigenvalue weighted by Crippen LogP contribution is -2.13. The Hall–Kier alpha value is -1.42. The third-order valence-electron chi connectivity index (χ3n) is 3.30. The molecule has 0 unspecified atom stereocenters. The first-order valence-corrected chi connectivity index (χ1v) is 11.4. The van der Waals surface area contributed by atoms with Crippen LogP contribution in [0.1, 0.15) is 12.5 Å². The molecule has 5 nitrogen and oxygen atoms in total. The summed E-state index contributed by atoms with van der Waals surface area (Å²) in [4.78, 5) is 16.6. The highest BCUT2D eigenvalue weighted by Gasteiger charge is 2.11. The number of nitrogens with one attached hydrogen (secondary N) is 1. The maximum Gasteiger partial charge on any atom is 0.236 e. The van der Waals surface area contributed by atoms with E-state index in [2.05, 4.69) is 51.7 Å². The molecule has 0 saturated heterocycles. The standard InChI is InChI=1S/C16H16N4OS4/c1-3-10-4-6-11(7-5-10)12-8-23-14(17-12)18-13(21)9-24-16-20-19-15(22-2)25-16/h4-8H,3,9H2,1-2H3,(H,17,18,21). The molecular weight excluding hydrogens is 392 g/mol. The Morgan fingerprint density at radius 2 is 1.96 bits per heavy atom. The second-order valence-electron chi connectivity index (χ2n) is 4.96. The summed E-state index contributed by atoms with van der Waals surface area (Å²) in [5.74, 6) is 0.205. The first kappa shape index (κ1) is 18.4. The molecule has 0 aliphatic heterocycles. The molecule has 25 heavy (non-hydrogen) atoms. The molecule has 2 aromatic heterocycles. The van der Waals surface area contributed by atoms with Crippen molar-refractivity contribution in [2.75, 3.05) is 17.3 Å². The molecule has 130 valence electrons. The number of thiazole rings is 1. The van der Waals surface area contributed by atoms with Crippen LogP contribution in [0.4, 0.5) is 5.13 Å². The molecule has 3 rings (SSSR count). The molecule has 1 aromatic carbocycles. The zero-order chi connectivity index (χ0) is 17.6. The van der Waals surface area contributed by atoms with E-state index < -0.39 is 0 Å². The van der Waals surface area contributed by atoms with Crippen molar-refractivity contribution in [3.8, 4) is 11.3 Å². The number of amides is 1. The molecule has 1 amide bonds. The van der Waals surface area contributed by atoms with Crippen LogP contribution < -0.4 is 5.32 Å². The number of benzene rings is 1. The molecule has 0 aliphatic carbocycles. The molecule has 0 atom stereocenters. The van der Waals surface area contributed by atoms with Crippen molar-refractivity contribution in [3.05, 3.63) is 35.2 Å². The van der Waals surface area contributed by atoms with Crippen LogP contribution in [0, 0.1) is 0 Å². The van der Waals surface area contributed by atoms with Gasteiger partial charge < -0.3 is 5.32 Å². The lowest BCUT2D eigenvalue weighted by Gasteiger charge is -2.00. The molecule has 0 saturated carbocycles. The van der Waals surface area contributed by atoms with Crippen molar-refractivity contribution in [1.29, 1.82) is 0 Å². The summed E-state index contributed by atoms with van der Waals surface area (Å²) >= 11 is 5.87. The van der Waals surface area contributed by atoms with Gasteiger partial charge in [0.25, 0.3) is 0 Å². The van der Waals surface area contributed by atoms with E-state index in [1.54, 1.807) is 11.8 Å². The number of hydrogen-bond donors (Lipinski definition) is 1. The van der Waals surface area contributed by atoms with Crippen LogP contribution in [0.2, 0.25) is 0 Å². The van der Waals surface area contributed by atoms with Gasteiger partial charge in [0.2, 0.25) is 5.91 Å². The van der Waals surface area contributed by atoms with Crippen molar-refractivity contribution in [2.45, 2.75) is 22.0 Å². The molecule has 3 aromatic rings. The Kier molecular flexibility index (Phi) is 6.46. The second-order valence-corrected chi connectivity index (χ2v) is 9.07. The van der Waals surface area contributed by atoms with E-state index >= 15 is 0 Å². The first-order chi connectivity index (χ1) is 12.2. The second kappa shape index (κ2) is 8.79. The van der Waals surface area contributed by atoms with Gasteiger partial charge in [-0.2, -0.15) is 0 Å². The van der Waals surface area contributed by atoms with E-state index in [1.807, 2.05) is 11.6 Å². The molecule has 9 heteroatoms. The Labute approximate surface area is 162 Å². The highest BCUT2D eigenvalue weighted by Crippen LogP contribution is 2.28. The largest absolute Gasteiger partial charge is 0.301 e. The minimum Gasteiger partial charge on any atom is -0.301 e. The van der Waals surface area contributed by atoms with Crippen molar-refractivity contribution < 1.29 is 4.79 Å². The zero-order valence-corrected chi connectivity index (χ0v) is 16.9. The van der Waals surface area contributed by atoms with Gasteiger partial charge in [-0.15, -0.1) is 21.5 Å². The number of anilines is 1. The van der Waals surface area contributed by atoms with Gasteiger partial charge in [-0.1, -0.05) is 66.0 Å². The molecular formula is C16H16N4OS4. The minimum atomic E-state index is -0.0897. The number of aromatic nitrogens is 3. The van der Waals surface area contributed by atoms with Crippen LogP contribution in [-0.2, 0) is 11.2 Å². The van der Waals surface area contributed by atoms with Gasteiger partial charge in [-0.3, -0.25) is 4.79 Å². The van der Waals surface area contributed by atoms with Crippen molar-refractivity contribution in [1.82, 2.24) is 15.2 Å². The Balaban J connectivity index is 1.55. The van der Waals surface area contributed by atoms with E-state index in [9.17, 15) is 4.79 Å². The van der Waals surface area contributed by atoms with Gasteiger partial charge in [0.15, 0.2) is 13.8 Å². The van der Waals surface area contributed by atoms with E-state index in [4.69, 9.17) is 0 Å². The summed E-state index contributed by atoms with van der Waals surface area (Å²) in [6.45, 7) is 2.13. The number of aryl methyl sites for hydroxylation is 1. The van der Waals surface area contributed by atoms with Crippen LogP contribution in [0.25, 0.3) is 11.3 Å². The summed E-state index contributed by atoms with van der Waals surface area (Å²) in [5, 5.41) is 13.5. The maximum atomic E-state index is 12.1. The quantitative estimate of drug-likeness (QED) is 0.573. The van der Waals surface area contributed by atoms with Gasteiger partial charge in [0.1, 0.15) is 0 Å². The average Bonchev–Trinajstić information content (AvgIpc) is 3.29. The predicted octanol–water partition coefficient (Wildman–Crippen LogP) is 4.68. The zero-order valence-electron chi connectivity index (χ0n) is 13.7. The summed E-state index contributed by atoms with van der Waals surface area (Å²) in [6.07, 6.45) is 2.97. The number of carbonyl (C=O) groups excluding carboxylic acids is 1. The molecule has 2 heterocycles. The Morgan fingerprint density at radius 3 is 2.64 bits per heavy atom. The lowest BCUT2D eigenvalue weighted by molar-refractivity contribution is -0.113. The van der Waals surface area contributed by atoms with E-state index in [1.165, 1.54) is 40.0 Å². The number of rotatable bonds is 7. The van der Waals surface area contributed by atoms with Crippen molar-refractivity contribution >= 4 is 57.2 Å². The Bertz CT molecular complexity index is 844. The van der Waals surface area contributed by atoms with Crippen molar-refractivity contribution in [2.24, 2.45) is 0 Å². The smallest absolute Gasteiger partial charge is 0.236 e. The highest BCUT2D eigenvalue weighted by molar-refractivity contribution is 8.03. The average molecular weight is 409 g/mol. The van der Waals surface area contributed by atoms with Gasteiger partial charge in [0.05, 0.1) is 11.4 Å². The SMILES string of the molecule is CCc1ccc(-c2csc(NC(=O)CSc3nnc(SC)s3)n2)cc1. The molecule has 1 N–H and O–H groups in total. The van der Waals surface area contributed by atoms with E-state index in [-0.39, 0.29) is 5.91 Å². The van der Waals surface area contributed by atoms with Crippen LogP contribution in [0.3, 0.4) is 0 Å². The van der Waals surface area contributed by atoms with E-state index in [0.29, 0.717) is 10.9 Å². The van der Waals surface area contributed by atoms with Gasteiger partial charge in [0, 0.05) is 10.9 Å². The predicted molar refractivity (Wildman–Crippen MR) is 108 cm³/mol. The number of hydrogen-bond acceptors (Lipinski definition) is 8. The number of thioether (sulfide) groups is 2. The molecule has 0 aliphatic rings. The molecule has 0 fully saturated rings. The summed E-state index contributed by atoms with van der Waals surface area (Å²) in [7, 11) is 0. The fourth-order valence-electron chi connectivity index (χ4n) is 2.00. The lowest BCUT2D eigenvalue weighted by atomic mass is 10.1. The normalized spacial score (nSPS) is 10.8. The van der Waals surface area contributed by atoms with Crippen LogP contribution >= 0.6 is 46.2 Å². The van der Waals surface area contributed by atoms with Crippen LogP contribution in [-0.4, -0.2) is 33.1 Å². The van der Waals surface area contributed by atoms with Gasteiger partial charge in [-0.25, -0.2) is 4.98 Å². The maximum absolute atomic E-state index is 12.1. The summed E-state index contributed by atoms with van der Waals surface area (Å²) in [6, 6.07) is 8.34. The number of carbonyl (C=O) groups is 1. The third-order valence-corrected chi connectivity index (χ3v) is 7.09. The van der Waals surface area contributed by atoms with Crippen LogP contribution in [0.5, 0.6) is 0 Å². The molecule has 0 spiro atoms. The van der Waals surface area contributed by atoms with Crippen LogP contribution in [0.15, 0.2) is 38.3 Å². The monoisotopic (exact) mass is 408 g/mol. The van der Waals surface area contributed by atoms with Crippen molar-refractivity contribution in [3.63, 3.8) is 0 Å². The molecule has 0 bridgehead atoms. The highest BCUT2D eigenvalue weighted by atomic mass is 32.2. The third kappa shape index (κ3) is 5.04. The Morgan fingerprint density at radius 1 is 1.20 bits per heavy atom. The minimum absolute atomic E-state index is 0.0897.